The average molecular weight is 364 g/mol. The Hall–Kier alpha value is -2.31. The second-order valence-electron chi connectivity index (χ2n) is 6.65. The summed E-state index contributed by atoms with van der Waals surface area (Å²) in [5.74, 6) is 0.432. The Kier molecular flexibility index (Phi) is 8.18. The molecule has 1 fully saturated rings. The lowest BCUT2D eigenvalue weighted by Crippen LogP contribution is -2.22. The van der Waals surface area contributed by atoms with Gasteiger partial charge in [0, 0.05) is 24.6 Å². The molecule has 0 spiro atoms. The molecule has 1 aliphatic carbocycles. The Labute approximate surface area is 154 Å². The van der Waals surface area contributed by atoms with Gasteiger partial charge in [-0.15, -0.1) is 0 Å². The molecule has 0 unspecified atom stereocenters. The van der Waals surface area contributed by atoms with Crippen LogP contribution in [0, 0.1) is 10.1 Å². The van der Waals surface area contributed by atoms with Gasteiger partial charge in [0.1, 0.15) is 11.4 Å². The lowest BCUT2D eigenvalue weighted by molar-refractivity contribution is -0.384. The van der Waals surface area contributed by atoms with Crippen LogP contribution in [0.2, 0.25) is 0 Å². The minimum absolute atomic E-state index is 0.0843. The Morgan fingerprint density at radius 1 is 1.23 bits per heavy atom. The minimum atomic E-state index is -0.359. The molecular formula is C19H28N2O5. The second-order valence-corrected chi connectivity index (χ2v) is 6.65. The standard InChI is InChI=1S/C19H28N2O5/c1-25-19(22)10-6-3-7-13-26-16-11-12-18(21(23)24)17(14-16)20-15-8-4-2-5-9-15/h11-12,14-15,20H,2-10,13H2,1H3. The van der Waals surface area contributed by atoms with Crippen molar-refractivity contribution in [1.82, 2.24) is 0 Å². The van der Waals surface area contributed by atoms with Crippen molar-refractivity contribution in [1.29, 1.82) is 0 Å². The zero-order chi connectivity index (χ0) is 18.8. The van der Waals surface area contributed by atoms with E-state index in [9.17, 15) is 14.9 Å². The number of nitrogens with one attached hydrogen (secondary N) is 1. The molecule has 144 valence electrons. The van der Waals surface area contributed by atoms with Crippen molar-refractivity contribution in [3.63, 3.8) is 0 Å². The topological polar surface area (TPSA) is 90.7 Å². The third-order valence-electron chi connectivity index (χ3n) is 4.65. The van der Waals surface area contributed by atoms with Gasteiger partial charge in [-0.05, 0) is 38.2 Å². The number of methoxy groups -OCH3 is 1. The normalized spacial score (nSPS) is 14.7. The highest BCUT2D eigenvalue weighted by atomic mass is 16.6. The second kappa shape index (κ2) is 10.6. The third kappa shape index (κ3) is 6.54. The number of nitro groups is 1. The number of ether oxygens (including phenoxy) is 2. The van der Waals surface area contributed by atoms with Crippen LogP contribution in [-0.2, 0) is 9.53 Å². The highest BCUT2D eigenvalue weighted by Gasteiger charge is 2.19. The zero-order valence-electron chi connectivity index (χ0n) is 15.4. The van der Waals surface area contributed by atoms with E-state index < -0.39 is 0 Å². The number of rotatable bonds is 10. The van der Waals surface area contributed by atoms with Gasteiger partial charge in [-0.1, -0.05) is 19.3 Å². The molecular weight excluding hydrogens is 336 g/mol. The van der Waals surface area contributed by atoms with E-state index in [2.05, 4.69) is 10.1 Å². The largest absolute Gasteiger partial charge is 0.494 e. The lowest BCUT2D eigenvalue weighted by atomic mass is 9.95. The quantitative estimate of drug-likeness (QED) is 0.285. The summed E-state index contributed by atoms with van der Waals surface area (Å²) < 4.78 is 10.3. The van der Waals surface area contributed by atoms with Crippen LogP contribution in [0.5, 0.6) is 5.75 Å². The number of esters is 1. The number of carbonyl (C=O) groups excluding carboxylic acids is 1. The molecule has 2 rings (SSSR count). The number of carbonyl (C=O) groups is 1. The SMILES string of the molecule is COC(=O)CCCCCOc1ccc([N+](=O)[O-])c(NC2CCCCC2)c1. The van der Waals surface area contributed by atoms with E-state index in [4.69, 9.17) is 4.74 Å². The molecule has 1 N–H and O–H groups in total. The first kappa shape index (κ1) is 20.0. The molecule has 0 bridgehead atoms. The summed E-state index contributed by atoms with van der Waals surface area (Å²) >= 11 is 0. The first-order valence-corrected chi connectivity index (χ1v) is 9.34. The van der Waals surface area contributed by atoms with Crippen LogP contribution in [0.15, 0.2) is 18.2 Å². The van der Waals surface area contributed by atoms with Gasteiger partial charge in [-0.2, -0.15) is 0 Å². The number of unbranched alkanes of at least 4 members (excludes halogenated alkanes) is 2. The summed E-state index contributed by atoms with van der Waals surface area (Å²) in [6, 6.07) is 5.15. The van der Waals surface area contributed by atoms with Crippen LogP contribution in [-0.4, -0.2) is 30.7 Å². The number of anilines is 1. The molecule has 1 aliphatic rings. The fourth-order valence-electron chi connectivity index (χ4n) is 3.19. The van der Waals surface area contributed by atoms with Crippen LogP contribution in [0.3, 0.4) is 0 Å². The summed E-state index contributed by atoms with van der Waals surface area (Å²) in [6.45, 7) is 0.516. The van der Waals surface area contributed by atoms with Crippen LogP contribution in [0.25, 0.3) is 0 Å². The van der Waals surface area contributed by atoms with Crippen molar-refractivity contribution in [2.24, 2.45) is 0 Å². The Bertz CT molecular complexity index is 600. The fourth-order valence-corrected chi connectivity index (χ4v) is 3.19. The first-order valence-electron chi connectivity index (χ1n) is 9.34. The molecule has 1 aromatic carbocycles. The molecule has 0 heterocycles. The Balaban J connectivity index is 1.85. The number of nitrogens with zero attached hydrogens (tertiary/aromatic N) is 1. The van der Waals surface area contributed by atoms with E-state index in [1.54, 1.807) is 12.1 Å². The summed E-state index contributed by atoms with van der Waals surface area (Å²) in [5, 5.41) is 14.6. The van der Waals surface area contributed by atoms with Gasteiger partial charge >= 0.3 is 5.97 Å². The van der Waals surface area contributed by atoms with Crippen LogP contribution >= 0.6 is 0 Å². The molecule has 7 nitrogen and oxygen atoms in total. The maximum atomic E-state index is 11.3. The maximum Gasteiger partial charge on any atom is 0.305 e. The number of nitro benzene ring substituents is 1. The van der Waals surface area contributed by atoms with Gasteiger partial charge in [-0.3, -0.25) is 14.9 Å². The number of hydrogen-bond donors (Lipinski definition) is 1. The smallest absolute Gasteiger partial charge is 0.305 e. The Morgan fingerprint density at radius 3 is 2.69 bits per heavy atom. The summed E-state index contributed by atoms with van der Waals surface area (Å²) in [6.07, 6.45) is 8.52. The van der Waals surface area contributed by atoms with Gasteiger partial charge in [0.25, 0.3) is 5.69 Å². The van der Waals surface area contributed by atoms with E-state index in [1.807, 2.05) is 0 Å². The van der Waals surface area contributed by atoms with Crippen molar-refractivity contribution in [3.8, 4) is 5.75 Å². The molecule has 0 radical (unpaired) electrons. The van der Waals surface area contributed by atoms with Gasteiger partial charge in [-0.25, -0.2) is 0 Å². The lowest BCUT2D eigenvalue weighted by Gasteiger charge is -2.23. The number of benzene rings is 1. The molecule has 0 aliphatic heterocycles. The molecule has 1 saturated carbocycles. The molecule has 26 heavy (non-hydrogen) atoms. The van der Waals surface area contributed by atoms with Gasteiger partial charge in [0.2, 0.25) is 0 Å². The average Bonchev–Trinajstić information content (AvgIpc) is 2.65. The first-order chi connectivity index (χ1) is 12.6. The van der Waals surface area contributed by atoms with Crippen LogP contribution in [0.1, 0.15) is 57.8 Å². The molecule has 1 aromatic rings. The summed E-state index contributed by atoms with van der Waals surface area (Å²) in [7, 11) is 1.39. The fraction of sp³-hybridized carbons (Fsp3) is 0.632. The maximum absolute atomic E-state index is 11.3. The summed E-state index contributed by atoms with van der Waals surface area (Å²) in [4.78, 5) is 22.0. The third-order valence-corrected chi connectivity index (χ3v) is 4.65. The summed E-state index contributed by atoms with van der Waals surface area (Å²) in [5.41, 5.74) is 0.617. The molecule has 7 heteroatoms. The molecule has 0 saturated heterocycles. The van der Waals surface area contributed by atoms with E-state index in [1.165, 1.54) is 19.6 Å². The van der Waals surface area contributed by atoms with Crippen molar-refractivity contribution in [3.05, 3.63) is 28.3 Å². The van der Waals surface area contributed by atoms with Gasteiger partial charge < -0.3 is 14.8 Å². The van der Waals surface area contributed by atoms with Crippen molar-refractivity contribution >= 4 is 17.3 Å². The highest BCUT2D eigenvalue weighted by molar-refractivity contribution is 5.69. The molecule has 0 aromatic heterocycles. The Morgan fingerprint density at radius 2 is 2.00 bits per heavy atom. The van der Waals surface area contributed by atoms with Crippen LogP contribution in [0.4, 0.5) is 11.4 Å². The van der Waals surface area contributed by atoms with Crippen molar-refractivity contribution in [2.75, 3.05) is 19.0 Å². The van der Waals surface area contributed by atoms with Crippen molar-refractivity contribution in [2.45, 2.75) is 63.8 Å². The zero-order valence-corrected chi connectivity index (χ0v) is 15.4. The van der Waals surface area contributed by atoms with Crippen molar-refractivity contribution < 1.29 is 19.2 Å². The molecule has 0 atom stereocenters. The number of hydrogen-bond acceptors (Lipinski definition) is 6. The van der Waals surface area contributed by atoms with E-state index in [-0.39, 0.29) is 22.6 Å². The van der Waals surface area contributed by atoms with E-state index >= 15 is 0 Å². The van der Waals surface area contributed by atoms with Crippen LogP contribution < -0.4 is 10.1 Å². The predicted octanol–water partition coefficient (Wildman–Crippen LogP) is 4.45. The predicted molar refractivity (Wildman–Crippen MR) is 99.6 cm³/mol. The van der Waals surface area contributed by atoms with Gasteiger partial charge in [0.05, 0.1) is 18.6 Å². The van der Waals surface area contributed by atoms with Gasteiger partial charge in [0.15, 0.2) is 0 Å². The minimum Gasteiger partial charge on any atom is -0.494 e. The van der Waals surface area contributed by atoms with E-state index in [0.717, 1.165) is 44.9 Å². The highest BCUT2D eigenvalue weighted by Crippen LogP contribution is 2.32. The monoisotopic (exact) mass is 364 g/mol. The molecule has 0 amide bonds. The van der Waals surface area contributed by atoms with E-state index in [0.29, 0.717) is 24.5 Å².